The van der Waals surface area contributed by atoms with Crippen LogP contribution >= 0.6 is 12.4 Å². The Morgan fingerprint density at radius 1 is 1.47 bits per heavy atom. The van der Waals surface area contributed by atoms with Gasteiger partial charge in [0.2, 0.25) is 0 Å². The van der Waals surface area contributed by atoms with Gasteiger partial charge >= 0.3 is 0 Å². The second-order valence-electron chi connectivity index (χ2n) is 3.26. The summed E-state index contributed by atoms with van der Waals surface area (Å²) >= 11 is 0. The fraction of sp³-hybridized carbons (Fsp3) is 0.455. The van der Waals surface area contributed by atoms with E-state index in [1.54, 1.807) is 18.2 Å². The number of methoxy groups -OCH3 is 1. The van der Waals surface area contributed by atoms with Crippen LogP contribution in [0.1, 0.15) is 31.4 Å². The van der Waals surface area contributed by atoms with Gasteiger partial charge in [0.05, 0.1) is 7.11 Å². The molecule has 0 amide bonds. The predicted molar refractivity (Wildman–Crippen MR) is 62.0 cm³/mol. The molecule has 86 valence electrons. The highest BCUT2D eigenvalue weighted by atomic mass is 35.5. The van der Waals surface area contributed by atoms with Gasteiger partial charge in [-0.1, -0.05) is 25.5 Å². The molecule has 0 aliphatic rings. The monoisotopic (exact) mass is 233 g/mol. The highest BCUT2D eigenvalue weighted by molar-refractivity contribution is 5.85. The highest BCUT2D eigenvalue weighted by Crippen LogP contribution is 2.25. The Kier molecular flexibility index (Phi) is 6.29. The Balaban J connectivity index is 0.00000196. The summed E-state index contributed by atoms with van der Waals surface area (Å²) in [6.07, 6.45) is 1.72. The Hall–Kier alpha value is -0.800. The molecule has 0 saturated carbocycles. The Bertz CT molecular complexity index is 307. The van der Waals surface area contributed by atoms with Crippen LogP contribution in [-0.2, 0) is 0 Å². The van der Waals surface area contributed by atoms with Gasteiger partial charge in [-0.15, -0.1) is 12.4 Å². The zero-order chi connectivity index (χ0) is 10.6. The summed E-state index contributed by atoms with van der Waals surface area (Å²) in [5, 5.41) is 0. The molecule has 0 fully saturated rings. The van der Waals surface area contributed by atoms with E-state index in [9.17, 15) is 4.39 Å². The van der Waals surface area contributed by atoms with Crippen LogP contribution in [0.5, 0.6) is 5.75 Å². The number of ether oxygens (including phenoxy) is 1. The van der Waals surface area contributed by atoms with Crippen LogP contribution in [0.15, 0.2) is 18.2 Å². The summed E-state index contributed by atoms with van der Waals surface area (Å²) in [6.45, 7) is 2.03. The van der Waals surface area contributed by atoms with Crippen LogP contribution < -0.4 is 10.5 Å². The van der Waals surface area contributed by atoms with E-state index >= 15 is 0 Å². The number of benzene rings is 1. The third kappa shape index (κ3) is 3.36. The molecule has 0 spiro atoms. The quantitative estimate of drug-likeness (QED) is 0.868. The van der Waals surface area contributed by atoms with Gasteiger partial charge in [0.25, 0.3) is 0 Å². The SMILES string of the molecule is CCC[C@@H](N)c1cccc(OC)c1F.Cl. The lowest BCUT2D eigenvalue weighted by molar-refractivity contribution is 0.381. The first-order valence-corrected chi connectivity index (χ1v) is 4.78. The molecule has 0 radical (unpaired) electrons. The van der Waals surface area contributed by atoms with Crippen molar-refractivity contribution in [1.29, 1.82) is 0 Å². The molecule has 0 bridgehead atoms. The molecule has 1 rings (SSSR count). The summed E-state index contributed by atoms with van der Waals surface area (Å²) in [6, 6.07) is 4.82. The molecule has 1 atom stereocenters. The fourth-order valence-corrected chi connectivity index (χ4v) is 1.44. The first-order chi connectivity index (χ1) is 6.70. The lowest BCUT2D eigenvalue weighted by atomic mass is 10.0. The van der Waals surface area contributed by atoms with Crippen LogP contribution in [0.3, 0.4) is 0 Å². The lowest BCUT2D eigenvalue weighted by Crippen LogP contribution is -2.12. The van der Waals surface area contributed by atoms with Gasteiger partial charge < -0.3 is 10.5 Å². The average Bonchev–Trinajstić information content (AvgIpc) is 2.18. The van der Waals surface area contributed by atoms with Crippen LogP contribution in [0, 0.1) is 5.82 Å². The maximum atomic E-state index is 13.6. The van der Waals surface area contributed by atoms with Gasteiger partial charge in [-0.05, 0) is 12.5 Å². The van der Waals surface area contributed by atoms with E-state index in [1.807, 2.05) is 6.92 Å². The third-order valence-electron chi connectivity index (χ3n) is 2.21. The van der Waals surface area contributed by atoms with Gasteiger partial charge in [-0.25, -0.2) is 4.39 Å². The molecule has 2 nitrogen and oxygen atoms in total. The summed E-state index contributed by atoms with van der Waals surface area (Å²) in [7, 11) is 1.45. The van der Waals surface area contributed by atoms with Gasteiger partial charge in [0.1, 0.15) is 0 Å². The van der Waals surface area contributed by atoms with Crippen LogP contribution in [0.4, 0.5) is 4.39 Å². The molecular weight excluding hydrogens is 217 g/mol. The molecule has 0 saturated heterocycles. The Morgan fingerprint density at radius 2 is 2.13 bits per heavy atom. The van der Waals surface area contributed by atoms with Gasteiger partial charge in [-0.2, -0.15) is 0 Å². The van der Waals surface area contributed by atoms with E-state index in [4.69, 9.17) is 10.5 Å². The number of rotatable bonds is 4. The largest absolute Gasteiger partial charge is 0.494 e. The fourth-order valence-electron chi connectivity index (χ4n) is 1.44. The van der Waals surface area contributed by atoms with Crippen LogP contribution in [0.2, 0.25) is 0 Å². The van der Waals surface area contributed by atoms with E-state index in [0.717, 1.165) is 12.8 Å². The van der Waals surface area contributed by atoms with E-state index < -0.39 is 0 Å². The number of hydrogen-bond donors (Lipinski definition) is 1. The summed E-state index contributed by atoms with van der Waals surface area (Å²) < 4.78 is 18.5. The minimum atomic E-state index is -0.337. The molecule has 15 heavy (non-hydrogen) atoms. The number of halogens is 2. The van der Waals surface area contributed by atoms with Crippen LogP contribution in [0.25, 0.3) is 0 Å². The summed E-state index contributed by atoms with van der Waals surface area (Å²) in [5.74, 6) is -0.0787. The van der Waals surface area contributed by atoms with Gasteiger partial charge in [-0.3, -0.25) is 0 Å². The van der Waals surface area contributed by atoms with E-state index in [2.05, 4.69) is 0 Å². The smallest absolute Gasteiger partial charge is 0.169 e. The van der Waals surface area contributed by atoms with E-state index in [-0.39, 0.29) is 30.0 Å². The minimum absolute atomic E-state index is 0. The lowest BCUT2D eigenvalue weighted by Gasteiger charge is -2.13. The first kappa shape index (κ1) is 14.2. The highest BCUT2D eigenvalue weighted by Gasteiger charge is 2.13. The molecule has 0 heterocycles. The third-order valence-corrected chi connectivity index (χ3v) is 2.21. The van der Waals surface area contributed by atoms with Crippen molar-refractivity contribution in [1.82, 2.24) is 0 Å². The average molecular weight is 234 g/mol. The van der Waals surface area contributed by atoms with E-state index in [0.29, 0.717) is 5.56 Å². The summed E-state index contributed by atoms with van der Waals surface area (Å²) in [4.78, 5) is 0. The normalized spacial score (nSPS) is 11.7. The number of nitrogens with two attached hydrogens (primary N) is 1. The van der Waals surface area contributed by atoms with Gasteiger partial charge in [0, 0.05) is 11.6 Å². The van der Waals surface area contributed by atoms with Crippen molar-refractivity contribution in [2.24, 2.45) is 5.73 Å². The second-order valence-corrected chi connectivity index (χ2v) is 3.26. The van der Waals surface area contributed by atoms with Crippen molar-refractivity contribution >= 4 is 12.4 Å². The molecule has 1 aromatic rings. The first-order valence-electron chi connectivity index (χ1n) is 4.78. The topological polar surface area (TPSA) is 35.2 Å². The van der Waals surface area contributed by atoms with E-state index in [1.165, 1.54) is 7.11 Å². The zero-order valence-corrected chi connectivity index (χ0v) is 9.81. The maximum absolute atomic E-state index is 13.6. The number of hydrogen-bond acceptors (Lipinski definition) is 2. The predicted octanol–water partition coefficient (Wildman–Crippen LogP) is 3.06. The standard InChI is InChI=1S/C11H16FNO.ClH/c1-3-5-9(13)8-6-4-7-10(14-2)11(8)12;/h4,6-7,9H,3,5,13H2,1-2H3;1H/t9-;/m1./s1. The molecule has 2 N–H and O–H groups in total. The molecule has 0 unspecified atom stereocenters. The molecule has 1 aromatic carbocycles. The van der Waals surface area contributed by atoms with Crippen molar-refractivity contribution in [3.63, 3.8) is 0 Å². The molecule has 0 aliphatic carbocycles. The van der Waals surface area contributed by atoms with Crippen molar-refractivity contribution in [2.45, 2.75) is 25.8 Å². The van der Waals surface area contributed by atoms with Crippen molar-refractivity contribution in [3.8, 4) is 5.75 Å². The van der Waals surface area contributed by atoms with Crippen molar-refractivity contribution in [3.05, 3.63) is 29.6 Å². The Labute approximate surface area is 96.0 Å². The minimum Gasteiger partial charge on any atom is -0.494 e. The Morgan fingerprint density at radius 3 is 2.67 bits per heavy atom. The van der Waals surface area contributed by atoms with Crippen LogP contribution in [-0.4, -0.2) is 7.11 Å². The maximum Gasteiger partial charge on any atom is 0.169 e. The second kappa shape index (κ2) is 6.64. The zero-order valence-electron chi connectivity index (χ0n) is 9.00. The molecular formula is C11H17ClFNO. The summed E-state index contributed by atoms with van der Waals surface area (Å²) in [5.41, 5.74) is 6.37. The van der Waals surface area contributed by atoms with Crippen molar-refractivity contribution < 1.29 is 9.13 Å². The molecule has 0 aromatic heterocycles. The molecule has 0 aliphatic heterocycles. The molecule has 4 heteroatoms. The van der Waals surface area contributed by atoms with Crippen molar-refractivity contribution in [2.75, 3.05) is 7.11 Å². The van der Waals surface area contributed by atoms with Gasteiger partial charge in [0.15, 0.2) is 11.6 Å².